The molecule has 2 atom stereocenters. The Balaban J connectivity index is 2.09. The predicted octanol–water partition coefficient (Wildman–Crippen LogP) is 2.10. The van der Waals surface area contributed by atoms with Crippen LogP contribution in [0.4, 0.5) is 0 Å². The Hall–Kier alpha value is -1.67. The molecule has 2 N–H and O–H groups in total. The van der Waals surface area contributed by atoms with Gasteiger partial charge < -0.3 is 5.73 Å². The van der Waals surface area contributed by atoms with Crippen LogP contribution in [0.15, 0.2) is 48.7 Å². The quantitative estimate of drug-likeness (QED) is 0.782. The zero-order chi connectivity index (χ0) is 11.0. The summed E-state index contributed by atoms with van der Waals surface area (Å²) < 4.78 is 0. The molecular weight excluding hydrogens is 196 g/mol. The fourth-order valence-corrected chi connectivity index (χ4v) is 2.56. The van der Waals surface area contributed by atoms with Gasteiger partial charge in [0, 0.05) is 23.9 Å². The molecule has 2 aromatic rings. The van der Waals surface area contributed by atoms with Crippen molar-refractivity contribution in [3.8, 4) is 0 Å². The molecule has 0 radical (unpaired) electrons. The van der Waals surface area contributed by atoms with Gasteiger partial charge in [-0.2, -0.15) is 0 Å². The summed E-state index contributed by atoms with van der Waals surface area (Å²) in [6.45, 7) is 0. The van der Waals surface area contributed by atoms with Gasteiger partial charge in [0.15, 0.2) is 0 Å². The van der Waals surface area contributed by atoms with Crippen LogP contribution < -0.4 is 5.73 Å². The van der Waals surface area contributed by atoms with Crippen LogP contribution in [0.1, 0.15) is 22.7 Å². The number of benzene rings is 1. The van der Waals surface area contributed by atoms with Crippen molar-refractivity contribution >= 4 is 0 Å². The molecule has 1 heterocycles. The molecule has 80 valence electrons. The highest BCUT2D eigenvalue weighted by Gasteiger charge is 2.31. The molecule has 2 heteroatoms. The summed E-state index contributed by atoms with van der Waals surface area (Å²) in [4.78, 5) is 4.43. The summed E-state index contributed by atoms with van der Waals surface area (Å²) in [5.74, 6) is 0.261. The Bertz CT molecular complexity index is 493. The molecule has 1 aliphatic carbocycles. The summed E-state index contributed by atoms with van der Waals surface area (Å²) in [6.07, 6.45) is 2.79. The lowest BCUT2D eigenvalue weighted by atomic mass is 9.95. The summed E-state index contributed by atoms with van der Waals surface area (Å²) in [7, 11) is 0. The van der Waals surface area contributed by atoms with Crippen molar-refractivity contribution in [3.63, 3.8) is 0 Å². The van der Waals surface area contributed by atoms with Gasteiger partial charge >= 0.3 is 0 Å². The maximum Gasteiger partial charge on any atom is 0.0494 e. The molecule has 2 nitrogen and oxygen atoms in total. The van der Waals surface area contributed by atoms with Crippen molar-refractivity contribution in [1.29, 1.82) is 0 Å². The number of rotatable bonds is 1. The topological polar surface area (TPSA) is 38.9 Å². The van der Waals surface area contributed by atoms with Crippen LogP contribution in [0.3, 0.4) is 0 Å². The number of aromatic nitrogens is 1. The van der Waals surface area contributed by atoms with Gasteiger partial charge in [0.1, 0.15) is 0 Å². The van der Waals surface area contributed by atoms with E-state index in [-0.39, 0.29) is 12.0 Å². The smallest absolute Gasteiger partial charge is 0.0494 e. The van der Waals surface area contributed by atoms with Crippen molar-refractivity contribution < 1.29 is 0 Å². The van der Waals surface area contributed by atoms with E-state index in [0.29, 0.717) is 0 Å². The first-order valence-corrected chi connectivity index (χ1v) is 5.60. The monoisotopic (exact) mass is 210 g/mol. The molecule has 0 aliphatic heterocycles. The average Bonchev–Trinajstić information content (AvgIpc) is 2.66. The summed E-state index contributed by atoms with van der Waals surface area (Å²) >= 11 is 0. The van der Waals surface area contributed by atoms with Crippen LogP contribution >= 0.6 is 0 Å². The van der Waals surface area contributed by atoms with E-state index in [1.807, 2.05) is 18.3 Å². The third kappa shape index (κ3) is 1.42. The van der Waals surface area contributed by atoms with Gasteiger partial charge in [-0.25, -0.2) is 0 Å². The maximum absolute atomic E-state index is 6.22. The van der Waals surface area contributed by atoms with Crippen LogP contribution in [0.2, 0.25) is 0 Å². The van der Waals surface area contributed by atoms with E-state index in [1.54, 1.807) is 0 Å². The fraction of sp³-hybridized carbons (Fsp3) is 0.214. The van der Waals surface area contributed by atoms with E-state index >= 15 is 0 Å². The van der Waals surface area contributed by atoms with Crippen molar-refractivity contribution in [2.75, 3.05) is 0 Å². The molecule has 3 rings (SSSR count). The molecule has 0 amide bonds. The average molecular weight is 210 g/mol. The molecule has 1 aromatic heterocycles. The second-order valence-corrected chi connectivity index (χ2v) is 4.30. The van der Waals surface area contributed by atoms with Crippen LogP contribution in [-0.4, -0.2) is 11.0 Å². The first-order chi connectivity index (χ1) is 7.86. The highest BCUT2D eigenvalue weighted by molar-refractivity contribution is 5.42. The molecule has 2 unspecified atom stereocenters. The zero-order valence-electron chi connectivity index (χ0n) is 9.01. The lowest BCUT2D eigenvalue weighted by Gasteiger charge is -2.15. The van der Waals surface area contributed by atoms with Gasteiger partial charge in [-0.1, -0.05) is 30.3 Å². The molecule has 0 bridgehead atoms. The van der Waals surface area contributed by atoms with Crippen molar-refractivity contribution in [2.24, 2.45) is 5.73 Å². The summed E-state index contributed by atoms with van der Waals surface area (Å²) in [6, 6.07) is 14.7. The molecule has 16 heavy (non-hydrogen) atoms. The van der Waals surface area contributed by atoms with Crippen molar-refractivity contribution in [3.05, 3.63) is 65.5 Å². The zero-order valence-corrected chi connectivity index (χ0v) is 9.01. The van der Waals surface area contributed by atoms with Gasteiger partial charge in [-0.05, 0) is 29.7 Å². The maximum atomic E-state index is 6.22. The third-order valence-corrected chi connectivity index (χ3v) is 3.28. The second kappa shape index (κ2) is 3.72. The number of fused-ring (bicyclic) bond motifs is 1. The van der Waals surface area contributed by atoms with E-state index < -0.39 is 0 Å². The summed E-state index contributed by atoms with van der Waals surface area (Å²) in [5.41, 5.74) is 10.0. The molecular formula is C14H14N2. The standard InChI is InChI=1S/C14H14N2/c15-12-9-10-5-1-2-6-11(10)14(12)13-7-3-4-8-16-13/h1-8,12,14H,9,15H2. The molecule has 0 spiro atoms. The van der Waals surface area contributed by atoms with E-state index in [0.717, 1.165) is 12.1 Å². The molecule has 0 saturated heterocycles. The number of nitrogens with two attached hydrogens (primary N) is 1. The van der Waals surface area contributed by atoms with Gasteiger partial charge in [0.25, 0.3) is 0 Å². The van der Waals surface area contributed by atoms with Gasteiger partial charge in [-0.15, -0.1) is 0 Å². The largest absolute Gasteiger partial charge is 0.326 e. The lowest BCUT2D eigenvalue weighted by Crippen LogP contribution is -2.26. The van der Waals surface area contributed by atoms with Gasteiger partial charge in [0.05, 0.1) is 0 Å². The SMILES string of the molecule is NC1Cc2ccccc2C1c1ccccn1. The van der Waals surface area contributed by atoms with Gasteiger partial charge in [0.2, 0.25) is 0 Å². The van der Waals surface area contributed by atoms with E-state index in [1.165, 1.54) is 11.1 Å². The Morgan fingerprint density at radius 1 is 1.06 bits per heavy atom. The number of hydrogen-bond donors (Lipinski definition) is 1. The van der Waals surface area contributed by atoms with E-state index in [9.17, 15) is 0 Å². The molecule has 0 saturated carbocycles. The number of nitrogens with zero attached hydrogens (tertiary/aromatic N) is 1. The number of pyridine rings is 1. The normalized spacial score (nSPS) is 23.1. The first kappa shape index (κ1) is 9.55. The van der Waals surface area contributed by atoms with E-state index in [2.05, 4.69) is 35.3 Å². The Labute approximate surface area is 95.1 Å². The Kier molecular flexibility index (Phi) is 2.22. The number of hydrogen-bond acceptors (Lipinski definition) is 2. The van der Waals surface area contributed by atoms with E-state index in [4.69, 9.17) is 5.73 Å². The molecule has 1 aliphatic rings. The first-order valence-electron chi connectivity index (χ1n) is 5.60. The highest BCUT2D eigenvalue weighted by Crippen LogP contribution is 2.35. The fourth-order valence-electron chi connectivity index (χ4n) is 2.56. The Morgan fingerprint density at radius 2 is 1.88 bits per heavy atom. The third-order valence-electron chi connectivity index (χ3n) is 3.28. The van der Waals surface area contributed by atoms with Crippen LogP contribution in [-0.2, 0) is 6.42 Å². The van der Waals surface area contributed by atoms with Crippen molar-refractivity contribution in [2.45, 2.75) is 18.4 Å². The minimum Gasteiger partial charge on any atom is -0.326 e. The van der Waals surface area contributed by atoms with Gasteiger partial charge in [-0.3, -0.25) is 4.98 Å². The van der Waals surface area contributed by atoms with Crippen molar-refractivity contribution in [1.82, 2.24) is 4.98 Å². The Morgan fingerprint density at radius 3 is 2.69 bits per heavy atom. The summed E-state index contributed by atoms with van der Waals surface area (Å²) in [5, 5.41) is 0. The molecule has 0 fully saturated rings. The van der Waals surface area contributed by atoms with Crippen LogP contribution in [0, 0.1) is 0 Å². The minimum absolute atomic E-state index is 0.160. The lowest BCUT2D eigenvalue weighted by molar-refractivity contribution is 0.630. The van der Waals surface area contributed by atoms with Crippen LogP contribution in [0.25, 0.3) is 0 Å². The highest BCUT2D eigenvalue weighted by atomic mass is 14.7. The second-order valence-electron chi connectivity index (χ2n) is 4.30. The predicted molar refractivity (Wildman–Crippen MR) is 64.2 cm³/mol. The molecule has 1 aromatic carbocycles. The van der Waals surface area contributed by atoms with Crippen LogP contribution in [0.5, 0.6) is 0 Å². The minimum atomic E-state index is 0.160.